The van der Waals surface area contributed by atoms with Gasteiger partial charge >= 0.3 is 6.09 Å². The van der Waals surface area contributed by atoms with Crippen LogP contribution in [0.2, 0.25) is 0 Å². The van der Waals surface area contributed by atoms with Gasteiger partial charge in [-0.25, -0.2) is 4.79 Å². The zero-order valence-corrected chi connectivity index (χ0v) is 26.2. The minimum Gasteiger partial charge on any atom is -0.508 e. The quantitative estimate of drug-likeness (QED) is 0.182. The highest BCUT2D eigenvalue weighted by molar-refractivity contribution is 5.99. The molecule has 5 N–H and O–H groups in total. The molecule has 10 nitrogen and oxygen atoms in total. The predicted octanol–water partition coefficient (Wildman–Crippen LogP) is 5.73. The lowest BCUT2D eigenvalue weighted by atomic mass is 9.99. The van der Waals surface area contributed by atoms with Crippen LogP contribution in [-0.2, 0) is 19.1 Å². The number of phenols is 1. The number of nitrogens with one attached hydrogen (secondary N) is 2. The van der Waals surface area contributed by atoms with Crippen LogP contribution >= 0.6 is 0 Å². The van der Waals surface area contributed by atoms with Crippen molar-refractivity contribution in [1.82, 2.24) is 10.2 Å². The number of anilines is 1. The topological polar surface area (TPSA) is 151 Å². The molecule has 0 aliphatic carbocycles. The number of ether oxygens (including phenoxy) is 1. The highest BCUT2D eigenvalue weighted by atomic mass is 16.6. The molecule has 236 valence electrons. The molecule has 43 heavy (non-hydrogen) atoms. The monoisotopic (exact) mass is 596 g/mol. The fourth-order valence-corrected chi connectivity index (χ4v) is 4.71. The maximum atomic E-state index is 14.3. The number of hydrogen-bond acceptors (Lipinski definition) is 6. The van der Waals surface area contributed by atoms with Gasteiger partial charge in [-0.3, -0.25) is 14.4 Å². The second kappa shape index (κ2) is 17.1. The molecule has 0 spiro atoms. The number of unbranched alkanes of at least 4 members (excludes halogenated alkanes) is 5. The second-order valence-electron chi connectivity index (χ2n) is 11.8. The average Bonchev–Trinajstić information content (AvgIpc) is 2.92. The summed E-state index contributed by atoms with van der Waals surface area (Å²) in [5.74, 6) is -1.90. The molecule has 0 aromatic heterocycles. The fourth-order valence-electron chi connectivity index (χ4n) is 4.71. The molecule has 0 saturated carbocycles. The lowest BCUT2D eigenvalue weighted by molar-refractivity contribution is -0.141. The summed E-state index contributed by atoms with van der Waals surface area (Å²) in [4.78, 5) is 54.2. The summed E-state index contributed by atoms with van der Waals surface area (Å²) < 4.78 is 5.39. The molecule has 0 bridgehead atoms. The SMILES string of the molecule is CCCCCCCCN(C(=O)C(CCC(N)=O)NC(=O)OC(C)(C)C)C(C(=O)Nc1ccccc1C)c1ccccc1O. The number of benzene rings is 2. The number of carbonyl (C=O) groups excluding carboxylic acids is 4. The van der Waals surface area contributed by atoms with Gasteiger partial charge in [0.05, 0.1) is 0 Å². The number of aromatic hydroxyl groups is 1. The lowest BCUT2D eigenvalue weighted by Crippen LogP contribution is -2.52. The Labute approximate surface area is 255 Å². The Morgan fingerprint density at radius 1 is 0.953 bits per heavy atom. The molecule has 2 aromatic rings. The van der Waals surface area contributed by atoms with Crippen molar-refractivity contribution >= 4 is 29.5 Å². The maximum Gasteiger partial charge on any atom is 0.408 e. The minimum absolute atomic E-state index is 0.0900. The number of amides is 4. The Morgan fingerprint density at radius 2 is 1.58 bits per heavy atom. The molecular weight excluding hydrogens is 548 g/mol. The Bertz CT molecular complexity index is 1230. The number of hydrogen-bond donors (Lipinski definition) is 4. The molecule has 2 unspecified atom stereocenters. The number of carbonyl (C=O) groups is 4. The van der Waals surface area contributed by atoms with E-state index in [9.17, 15) is 24.3 Å². The van der Waals surface area contributed by atoms with E-state index in [2.05, 4.69) is 17.6 Å². The van der Waals surface area contributed by atoms with Crippen LogP contribution in [0.3, 0.4) is 0 Å². The second-order valence-corrected chi connectivity index (χ2v) is 11.8. The first-order valence-electron chi connectivity index (χ1n) is 15.1. The van der Waals surface area contributed by atoms with Gasteiger partial charge in [0.25, 0.3) is 5.91 Å². The summed E-state index contributed by atoms with van der Waals surface area (Å²) in [6.07, 6.45) is 4.54. The van der Waals surface area contributed by atoms with Gasteiger partial charge in [-0.1, -0.05) is 75.4 Å². The summed E-state index contributed by atoms with van der Waals surface area (Å²) in [6, 6.07) is 11.2. The van der Waals surface area contributed by atoms with Crippen LogP contribution in [0.1, 0.15) is 96.2 Å². The fraction of sp³-hybridized carbons (Fsp3) is 0.515. The van der Waals surface area contributed by atoms with Crippen molar-refractivity contribution in [2.45, 2.75) is 104 Å². The van der Waals surface area contributed by atoms with Gasteiger partial charge in [0.1, 0.15) is 23.4 Å². The normalized spacial score (nSPS) is 12.6. The van der Waals surface area contributed by atoms with E-state index in [0.717, 1.165) is 37.7 Å². The third kappa shape index (κ3) is 12.0. The number of phenolic OH excluding ortho intramolecular Hbond substituents is 1. The largest absolute Gasteiger partial charge is 0.508 e. The van der Waals surface area contributed by atoms with Crippen LogP contribution in [0.4, 0.5) is 10.5 Å². The predicted molar refractivity (Wildman–Crippen MR) is 167 cm³/mol. The molecule has 0 heterocycles. The van der Waals surface area contributed by atoms with E-state index >= 15 is 0 Å². The van der Waals surface area contributed by atoms with Crippen LogP contribution in [0.15, 0.2) is 48.5 Å². The molecular formula is C33H48N4O6. The van der Waals surface area contributed by atoms with E-state index in [4.69, 9.17) is 10.5 Å². The third-order valence-corrected chi connectivity index (χ3v) is 6.90. The summed E-state index contributed by atoms with van der Waals surface area (Å²) in [6.45, 7) is 9.25. The summed E-state index contributed by atoms with van der Waals surface area (Å²) in [7, 11) is 0. The molecule has 0 aliphatic rings. The molecule has 0 fully saturated rings. The van der Waals surface area contributed by atoms with Gasteiger partial charge in [-0.05, 0) is 58.2 Å². The maximum absolute atomic E-state index is 14.3. The average molecular weight is 597 g/mol. The van der Waals surface area contributed by atoms with Crippen molar-refractivity contribution in [3.05, 3.63) is 59.7 Å². The van der Waals surface area contributed by atoms with Gasteiger partial charge in [0.2, 0.25) is 11.8 Å². The van der Waals surface area contributed by atoms with E-state index < -0.39 is 41.5 Å². The number of primary amides is 1. The summed E-state index contributed by atoms with van der Waals surface area (Å²) in [5, 5.41) is 16.4. The van der Waals surface area contributed by atoms with E-state index in [1.54, 1.807) is 51.1 Å². The molecule has 4 amide bonds. The van der Waals surface area contributed by atoms with E-state index in [1.807, 2.05) is 19.1 Å². The van der Waals surface area contributed by atoms with Gasteiger partial charge in [-0.15, -0.1) is 0 Å². The molecule has 0 radical (unpaired) electrons. The molecule has 2 rings (SSSR count). The Kier molecular flexibility index (Phi) is 14.0. The van der Waals surface area contributed by atoms with Gasteiger partial charge in [0.15, 0.2) is 0 Å². The number of para-hydroxylation sites is 2. The highest BCUT2D eigenvalue weighted by Gasteiger charge is 2.37. The van der Waals surface area contributed by atoms with Gasteiger partial charge in [0, 0.05) is 24.2 Å². The van der Waals surface area contributed by atoms with Gasteiger partial charge < -0.3 is 31.1 Å². The first-order chi connectivity index (χ1) is 20.3. The number of nitrogens with zero attached hydrogens (tertiary/aromatic N) is 1. The van der Waals surface area contributed by atoms with Crippen molar-refractivity contribution in [3.63, 3.8) is 0 Å². The number of aryl methyl sites for hydroxylation is 1. The molecule has 2 atom stereocenters. The molecule has 0 aliphatic heterocycles. The number of rotatable bonds is 16. The van der Waals surface area contributed by atoms with Crippen molar-refractivity contribution in [2.75, 3.05) is 11.9 Å². The van der Waals surface area contributed by atoms with E-state index in [1.165, 1.54) is 11.0 Å². The Morgan fingerprint density at radius 3 is 2.21 bits per heavy atom. The smallest absolute Gasteiger partial charge is 0.408 e. The first-order valence-corrected chi connectivity index (χ1v) is 15.1. The highest BCUT2D eigenvalue weighted by Crippen LogP contribution is 2.32. The zero-order chi connectivity index (χ0) is 32.0. The van der Waals surface area contributed by atoms with Crippen LogP contribution < -0.4 is 16.4 Å². The van der Waals surface area contributed by atoms with E-state index in [0.29, 0.717) is 12.1 Å². The molecule has 2 aromatic carbocycles. The van der Waals surface area contributed by atoms with Crippen LogP contribution in [0, 0.1) is 6.92 Å². The van der Waals surface area contributed by atoms with Crippen LogP contribution in [-0.4, -0.2) is 52.0 Å². The van der Waals surface area contributed by atoms with Crippen molar-refractivity contribution < 1.29 is 29.0 Å². The lowest BCUT2D eigenvalue weighted by Gasteiger charge is -2.35. The Balaban J connectivity index is 2.54. The van der Waals surface area contributed by atoms with Crippen molar-refractivity contribution in [3.8, 4) is 5.75 Å². The van der Waals surface area contributed by atoms with Crippen LogP contribution in [0.5, 0.6) is 5.75 Å². The zero-order valence-electron chi connectivity index (χ0n) is 26.2. The van der Waals surface area contributed by atoms with E-state index in [-0.39, 0.29) is 30.7 Å². The molecule has 0 saturated heterocycles. The van der Waals surface area contributed by atoms with Crippen LogP contribution in [0.25, 0.3) is 0 Å². The number of alkyl carbamates (subject to hydrolysis) is 1. The van der Waals surface area contributed by atoms with Crippen molar-refractivity contribution in [2.24, 2.45) is 5.73 Å². The van der Waals surface area contributed by atoms with Gasteiger partial charge in [-0.2, -0.15) is 0 Å². The minimum atomic E-state index is -1.24. The Hall–Kier alpha value is -4.08. The number of nitrogens with two attached hydrogens (primary N) is 1. The molecule has 10 heteroatoms. The summed E-state index contributed by atoms with van der Waals surface area (Å²) in [5.41, 5.74) is 6.20. The first kappa shape index (κ1) is 35.1. The third-order valence-electron chi connectivity index (χ3n) is 6.90. The van der Waals surface area contributed by atoms with Crippen molar-refractivity contribution in [1.29, 1.82) is 0 Å². The summed E-state index contributed by atoms with van der Waals surface area (Å²) >= 11 is 0. The standard InChI is InChI=1S/C33H48N4O6/c1-6-7-8-9-10-15-22-37(31(41)26(20-21-28(34)39)36-32(42)43-33(3,4)5)29(24-17-12-14-19-27(24)38)30(40)35-25-18-13-11-16-23(25)2/h11-14,16-19,26,29,38H,6-10,15,20-22H2,1-5H3,(H2,34,39)(H,35,40)(H,36,42).